The molecule has 1 aliphatic heterocycles. The zero-order valence-corrected chi connectivity index (χ0v) is 30.3. The van der Waals surface area contributed by atoms with Crippen molar-refractivity contribution in [3.63, 3.8) is 0 Å². The molecule has 5 aromatic rings. The molecule has 2 atom stereocenters. The van der Waals surface area contributed by atoms with E-state index in [0.717, 1.165) is 56.0 Å². The number of hydrogen-bond donors (Lipinski definition) is 2. The number of aromatic carboxylic acids is 1. The quantitative estimate of drug-likeness (QED) is 0.166. The molecule has 3 aromatic carbocycles. The van der Waals surface area contributed by atoms with Crippen LogP contribution in [0.4, 0.5) is 10.9 Å². The number of rotatable bonds is 8. The minimum atomic E-state index is -1.08. The Labute approximate surface area is 302 Å². The summed E-state index contributed by atoms with van der Waals surface area (Å²) in [6.45, 7) is 8.58. The lowest BCUT2D eigenvalue weighted by atomic mass is 9.57. The number of hydrogen-bond acceptors (Lipinski definition) is 7. The van der Waals surface area contributed by atoms with E-state index in [2.05, 4.69) is 35.1 Å². The zero-order chi connectivity index (χ0) is 35.3. The fraction of sp³-hybridized carbons (Fsp3) is 0.381. The highest BCUT2D eigenvalue weighted by atomic mass is 32.1. The number of fused-ring (bicyclic) bond motifs is 4. The van der Waals surface area contributed by atoms with Crippen LogP contribution in [0.3, 0.4) is 0 Å². The summed E-state index contributed by atoms with van der Waals surface area (Å²) in [6.07, 6.45) is 7.02. The molecular weight excluding hydrogens is 657 g/mol. The van der Waals surface area contributed by atoms with Crippen LogP contribution in [0.1, 0.15) is 83.5 Å². The first-order valence-corrected chi connectivity index (χ1v) is 19.0. The molecule has 0 radical (unpaired) electrons. The first kappa shape index (κ1) is 33.4. The van der Waals surface area contributed by atoms with Crippen molar-refractivity contribution in [2.45, 2.75) is 65.8 Å². The second kappa shape index (κ2) is 13.4. The van der Waals surface area contributed by atoms with Crippen molar-refractivity contribution in [3.05, 3.63) is 101 Å². The summed E-state index contributed by atoms with van der Waals surface area (Å²) in [5.74, 6) is 2.31. The number of benzene rings is 3. The summed E-state index contributed by atoms with van der Waals surface area (Å²) < 4.78 is 7.65. The Morgan fingerprint density at radius 3 is 2.51 bits per heavy atom. The summed E-state index contributed by atoms with van der Waals surface area (Å²) in [4.78, 5) is 37.7. The van der Waals surface area contributed by atoms with Crippen LogP contribution >= 0.6 is 11.3 Å². The Balaban J connectivity index is 1.03. The van der Waals surface area contributed by atoms with Gasteiger partial charge in [-0.3, -0.25) is 10.1 Å². The van der Waals surface area contributed by atoms with Gasteiger partial charge in [-0.15, -0.1) is 0 Å². The highest BCUT2D eigenvalue weighted by molar-refractivity contribution is 7.22. The molecule has 8 rings (SSSR count). The Kier molecular flexibility index (Phi) is 8.78. The number of anilines is 2. The Morgan fingerprint density at radius 1 is 0.941 bits per heavy atom. The lowest BCUT2D eigenvalue weighted by molar-refractivity contribution is -0.0166. The molecule has 2 saturated carbocycles. The van der Waals surface area contributed by atoms with Crippen molar-refractivity contribution in [1.82, 2.24) is 9.97 Å². The van der Waals surface area contributed by atoms with Gasteiger partial charge in [-0.2, -0.15) is 0 Å². The van der Waals surface area contributed by atoms with Gasteiger partial charge in [0, 0.05) is 29.6 Å². The molecule has 9 heteroatoms. The molecule has 1 amide bonds. The lowest BCUT2D eigenvalue weighted by Crippen LogP contribution is -2.42. The summed E-state index contributed by atoms with van der Waals surface area (Å²) >= 11 is 1.45. The largest absolute Gasteiger partial charge is 0.493 e. The lowest BCUT2D eigenvalue weighted by Gasteiger charge is -2.49. The van der Waals surface area contributed by atoms with E-state index in [9.17, 15) is 14.7 Å². The monoisotopic (exact) mass is 700 g/mol. The van der Waals surface area contributed by atoms with E-state index in [1.165, 1.54) is 43.4 Å². The Morgan fingerprint density at radius 2 is 1.73 bits per heavy atom. The second-order valence-corrected chi connectivity index (χ2v) is 16.3. The minimum absolute atomic E-state index is 0.00376. The van der Waals surface area contributed by atoms with Gasteiger partial charge in [0.2, 0.25) is 0 Å². The van der Waals surface area contributed by atoms with Gasteiger partial charge in [0.15, 0.2) is 10.8 Å². The van der Waals surface area contributed by atoms with E-state index < -0.39 is 5.97 Å². The molecule has 8 nitrogen and oxygen atoms in total. The maximum atomic E-state index is 13.6. The highest BCUT2D eigenvalue weighted by Gasteiger charge is 2.44. The Hall–Kier alpha value is -4.76. The zero-order valence-electron chi connectivity index (χ0n) is 29.4. The molecule has 0 spiro atoms. The molecule has 262 valence electrons. The molecule has 2 aliphatic carbocycles. The molecular formula is C42H44N4O4S. The van der Waals surface area contributed by atoms with Crippen LogP contribution < -0.4 is 15.0 Å². The van der Waals surface area contributed by atoms with Crippen molar-refractivity contribution < 1.29 is 19.4 Å². The van der Waals surface area contributed by atoms with Gasteiger partial charge in [0.25, 0.3) is 5.91 Å². The van der Waals surface area contributed by atoms with Gasteiger partial charge in [0.1, 0.15) is 11.6 Å². The number of nitrogens with zero attached hydrogens (tertiary/aromatic N) is 3. The number of aromatic nitrogens is 2. The predicted octanol–water partition coefficient (Wildman–Crippen LogP) is 9.41. The highest BCUT2D eigenvalue weighted by Crippen LogP contribution is 2.53. The van der Waals surface area contributed by atoms with Gasteiger partial charge < -0.3 is 14.7 Å². The van der Waals surface area contributed by atoms with E-state index >= 15 is 0 Å². The summed E-state index contributed by atoms with van der Waals surface area (Å²) in [5.41, 5.74) is 5.96. The normalized spacial score (nSPS) is 22.7. The number of carboxylic acids is 1. The molecule has 2 aromatic heterocycles. The third-order valence-corrected chi connectivity index (χ3v) is 12.3. The Bertz CT molecular complexity index is 2090. The minimum Gasteiger partial charge on any atom is -0.493 e. The fourth-order valence-electron chi connectivity index (χ4n) is 9.46. The second-order valence-electron chi connectivity index (χ2n) is 15.3. The molecule has 2 N–H and O–H groups in total. The van der Waals surface area contributed by atoms with Gasteiger partial charge in [0.05, 0.1) is 16.8 Å². The molecule has 3 heterocycles. The number of ether oxygens (including phenoxy) is 1. The first-order valence-electron chi connectivity index (χ1n) is 18.1. The summed E-state index contributed by atoms with van der Waals surface area (Å²) in [7, 11) is 0. The maximum Gasteiger partial charge on any atom is 0.355 e. The topological polar surface area (TPSA) is 105 Å². The third-order valence-electron chi connectivity index (χ3n) is 11.3. The number of carboxylic acid groups (broad SMARTS) is 1. The van der Waals surface area contributed by atoms with Crippen molar-refractivity contribution in [2.75, 3.05) is 23.4 Å². The van der Waals surface area contributed by atoms with E-state index in [4.69, 9.17) is 9.72 Å². The van der Waals surface area contributed by atoms with Crippen LogP contribution in [0.2, 0.25) is 0 Å². The average molecular weight is 701 g/mol. The SMILES string of the molecule is Cc1c(OCC23CC(C)CC(CC(C)C2)C3)cccc1-c1ccc(N2CCc3cccc(C(=O)Nc4nc5ccccc5s4)c3C2)nc1C(=O)O. The van der Waals surface area contributed by atoms with Crippen molar-refractivity contribution in [1.29, 1.82) is 0 Å². The number of pyridine rings is 1. The van der Waals surface area contributed by atoms with Crippen LogP contribution in [-0.4, -0.2) is 40.1 Å². The van der Waals surface area contributed by atoms with Gasteiger partial charge >= 0.3 is 5.97 Å². The number of carbonyl (C=O) groups excluding carboxylic acids is 1. The first-order chi connectivity index (χ1) is 24.6. The molecule has 3 aliphatic rings. The van der Waals surface area contributed by atoms with Crippen molar-refractivity contribution in [3.8, 4) is 16.9 Å². The molecule has 51 heavy (non-hydrogen) atoms. The van der Waals surface area contributed by atoms with Gasteiger partial charge in [-0.05, 0) is 122 Å². The average Bonchev–Trinajstić information content (AvgIpc) is 3.52. The van der Waals surface area contributed by atoms with E-state index in [1.54, 1.807) is 0 Å². The molecule has 0 saturated heterocycles. The molecule has 2 fully saturated rings. The van der Waals surface area contributed by atoms with E-state index in [-0.39, 0.29) is 17.0 Å². The third kappa shape index (κ3) is 6.60. The van der Waals surface area contributed by atoms with Crippen LogP contribution in [0.25, 0.3) is 21.3 Å². The van der Waals surface area contributed by atoms with Crippen LogP contribution in [-0.2, 0) is 13.0 Å². The van der Waals surface area contributed by atoms with Crippen molar-refractivity contribution >= 4 is 44.4 Å². The standard InChI is InChI=1S/C42H44N4O4S/c1-25-18-28-19-26(2)21-42(20-25,22-28)24-50-35-12-7-9-30(27(35)3)31-14-15-37(44-38(31)40(48)49)46-17-16-29-8-6-10-32(33(29)23-46)39(47)45-41-43-34-11-4-5-13-36(34)51-41/h4-15,25-26,28H,16-24H2,1-3H3,(H,48,49)(H,43,45,47). The summed E-state index contributed by atoms with van der Waals surface area (Å²) in [6, 6.07) is 23.3. The van der Waals surface area contributed by atoms with E-state index in [1.807, 2.05) is 73.7 Å². The van der Waals surface area contributed by atoms with Crippen LogP contribution in [0.15, 0.2) is 72.8 Å². The van der Waals surface area contributed by atoms with Gasteiger partial charge in [-0.1, -0.05) is 61.6 Å². The number of para-hydroxylation sites is 1. The van der Waals surface area contributed by atoms with Crippen LogP contribution in [0.5, 0.6) is 5.75 Å². The maximum absolute atomic E-state index is 13.6. The number of nitrogens with one attached hydrogen (secondary N) is 1. The predicted molar refractivity (Wildman–Crippen MR) is 203 cm³/mol. The van der Waals surface area contributed by atoms with E-state index in [0.29, 0.717) is 48.2 Å². The number of thiazole rings is 1. The fourth-order valence-corrected chi connectivity index (χ4v) is 10.3. The van der Waals surface area contributed by atoms with Gasteiger partial charge in [-0.25, -0.2) is 14.8 Å². The smallest absolute Gasteiger partial charge is 0.355 e. The van der Waals surface area contributed by atoms with Crippen molar-refractivity contribution in [2.24, 2.45) is 23.2 Å². The number of amides is 1. The summed E-state index contributed by atoms with van der Waals surface area (Å²) in [5, 5.41) is 14.0. The number of carbonyl (C=O) groups is 2. The molecule has 2 unspecified atom stereocenters. The van der Waals surface area contributed by atoms with Crippen LogP contribution in [0, 0.1) is 30.1 Å². The molecule has 2 bridgehead atoms.